The van der Waals surface area contributed by atoms with Gasteiger partial charge in [0.05, 0.1) is 7.11 Å². The van der Waals surface area contributed by atoms with E-state index in [2.05, 4.69) is 5.32 Å². The molecule has 0 radical (unpaired) electrons. The van der Waals surface area contributed by atoms with Crippen molar-refractivity contribution in [2.75, 3.05) is 12.4 Å². The third-order valence-electron chi connectivity index (χ3n) is 4.71. The van der Waals surface area contributed by atoms with Crippen molar-refractivity contribution >= 4 is 17.7 Å². The third kappa shape index (κ3) is 5.48. The SMILES string of the molecule is COc1cc(C=CC(=O)Nc2cccc(C)c2C)ccc1OCc1ccccc1. The molecule has 3 aromatic rings. The van der Waals surface area contributed by atoms with E-state index < -0.39 is 0 Å². The quantitative estimate of drug-likeness (QED) is 0.541. The summed E-state index contributed by atoms with van der Waals surface area (Å²) in [5, 5.41) is 2.92. The first kappa shape index (κ1) is 20.2. The molecule has 0 aliphatic carbocycles. The van der Waals surface area contributed by atoms with Crippen molar-refractivity contribution < 1.29 is 14.3 Å². The minimum atomic E-state index is -0.179. The maximum atomic E-state index is 12.3. The molecule has 0 aromatic heterocycles. The van der Waals surface area contributed by atoms with Crippen molar-refractivity contribution in [1.29, 1.82) is 0 Å². The Hall–Kier alpha value is -3.53. The van der Waals surface area contributed by atoms with Crippen LogP contribution >= 0.6 is 0 Å². The van der Waals surface area contributed by atoms with Gasteiger partial charge < -0.3 is 14.8 Å². The molecule has 3 rings (SSSR count). The topological polar surface area (TPSA) is 47.6 Å². The van der Waals surface area contributed by atoms with E-state index in [0.29, 0.717) is 18.1 Å². The molecule has 0 bridgehead atoms. The van der Waals surface area contributed by atoms with E-state index in [0.717, 1.165) is 27.9 Å². The highest BCUT2D eigenvalue weighted by molar-refractivity contribution is 6.02. The molecule has 0 unspecified atom stereocenters. The summed E-state index contributed by atoms with van der Waals surface area (Å²) in [4.78, 5) is 12.3. The molecule has 148 valence electrons. The second-order valence-corrected chi connectivity index (χ2v) is 6.75. The van der Waals surface area contributed by atoms with E-state index in [1.54, 1.807) is 13.2 Å². The summed E-state index contributed by atoms with van der Waals surface area (Å²) in [6, 6.07) is 21.4. The number of amides is 1. The van der Waals surface area contributed by atoms with Crippen LogP contribution in [0.15, 0.2) is 72.8 Å². The Morgan fingerprint density at radius 2 is 1.76 bits per heavy atom. The zero-order chi connectivity index (χ0) is 20.6. The van der Waals surface area contributed by atoms with E-state index >= 15 is 0 Å². The van der Waals surface area contributed by atoms with Gasteiger partial charge in [-0.15, -0.1) is 0 Å². The molecule has 3 aromatic carbocycles. The number of carbonyl (C=O) groups is 1. The number of hydrogen-bond donors (Lipinski definition) is 1. The van der Waals surface area contributed by atoms with Gasteiger partial charge in [0.1, 0.15) is 6.61 Å². The maximum absolute atomic E-state index is 12.3. The second-order valence-electron chi connectivity index (χ2n) is 6.75. The van der Waals surface area contributed by atoms with E-state index in [1.165, 1.54) is 6.08 Å². The van der Waals surface area contributed by atoms with Gasteiger partial charge in [0.15, 0.2) is 11.5 Å². The number of benzene rings is 3. The minimum Gasteiger partial charge on any atom is -0.493 e. The number of hydrogen-bond acceptors (Lipinski definition) is 3. The predicted molar refractivity (Wildman–Crippen MR) is 117 cm³/mol. The van der Waals surface area contributed by atoms with E-state index in [-0.39, 0.29) is 5.91 Å². The lowest BCUT2D eigenvalue weighted by Gasteiger charge is -2.11. The summed E-state index contributed by atoms with van der Waals surface area (Å²) >= 11 is 0. The first-order valence-corrected chi connectivity index (χ1v) is 9.47. The number of ether oxygens (including phenoxy) is 2. The van der Waals surface area contributed by atoms with Crippen molar-refractivity contribution in [3.8, 4) is 11.5 Å². The highest BCUT2D eigenvalue weighted by Gasteiger charge is 2.07. The zero-order valence-electron chi connectivity index (χ0n) is 16.9. The summed E-state index contributed by atoms with van der Waals surface area (Å²) in [6.07, 6.45) is 3.27. The molecule has 1 N–H and O–H groups in total. The van der Waals surface area contributed by atoms with Gasteiger partial charge in [-0.25, -0.2) is 0 Å². The van der Waals surface area contributed by atoms with Crippen molar-refractivity contribution in [2.45, 2.75) is 20.5 Å². The first-order chi connectivity index (χ1) is 14.1. The lowest BCUT2D eigenvalue weighted by molar-refractivity contribution is -0.111. The molecule has 1 amide bonds. The second kappa shape index (κ2) is 9.60. The molecule has 0 saturated heterocycles. The van der Waals surface area contributed by atoms with Crippen LogP contribution in [0.5, 0.6) is 11.5 Å². The van der Waals surface area contributed by atoms with Gasteiger partial charge in [0.2, 0.25) is 5.91 Å². The van der Waals surface area contributed by atoms with E-state index in [4.69, 9.17) is 9.47 Å². The molecule has 0 spiro atoms. The molecule has 0 aliphatic rings. The van der Waals surface area contributed by atoms with Gasteiger partial charge in [0.25, 0.3) is 0 Å². The summed E-state index contributed by atoms with van der Waals surface area (Å²) in [6.45, 7) is 4.48. The largest absolute Gasteiger partial charge is 0.493 e. The number of rotatable bonds is 7. The van der Waals surface area contributed by atoms with Crippen LogP contribution in [0.2, 0.25) is 0 Å². The van der Waals surface area contributed by atoms with Gasteiger partial charge >= 0.3 is 0 Å². The normalized spacial score (nSPS) is 10.7. The van der Waals surface area contributed by atoms with E-state index in [9.17, 15) is 4.79 Å². The fraction of sp³-hybridized carbons (Fsp3) is 0.160. The Labute approximate surface area is 171 Å². The Kier molecular flexibility index (Phi) is 6.69. The van der Waals surface area contributed by atoms with Crippen molar-refractivity contribution in [2.24, 2.45) is 0 Å². The first-order valence-electron chi connectivity index (χ1n) is 9.47. The maximum Gasteiger partial charge on any atom is 0.248 e. The lowest BCUT2D eigenvalue weighted by Crippen LogP contribution is -2.09. The predicted octanol–water partition coefficient (Wildman–Crippen LogP) is 5.54. The molecule has 4 heteroatoms. The van der Waals surface area contributed by atoms with Crippen molar-refractivity contribution in [1.82, 2.24) is 0 Å². The minimum absolute atomic E-state index is 0.179. The van der Waals surface area contributed by atoms with Crippen LogP contribution in [-0.2, 0) is 11.4 Å². The van der Waals surface area contributed by atoms with Crippen LogP contribution in [-0.4, -0.2) is 13.0 Å². The molecular formula is C25H25NO3. The fourth-order valence-electron chi connectivity index (χ4n) is 2.88. The fourth-order valence-corrected chi connectivity index (χ4v) is 2.88. The molecule has 0 saturated carbocycles. The zero-order valence-corrected chi connectivity index (χ0v) is 16.9. The molecule has 0 atom stereocenters. The van der Waals surface area contributed by atoms with Crippen LogP contribution in [0.3, 0.4) is 0 Å². The number of methoxy groups -OCH3 is 1. The Morgan fingerprint density at radius 1 is 0.966 bits per heavy atom. The monoisotopic (exact) mass is 387 g/mol. The summed E-state index contributed by atoms with van der Waals surface area (Å²) in [5.74, 6) is 1.11. The van der Waals surface area contributed by atoms with Crippen molar-refractivity contribution in [3.05, 3.63) is 95.1 Å². The molecule has 0 fully saturated rings. The number of carbonyl (C=O) groups excluding carboxylic acids is 1. The average Bonchev–Trinajstić information content (AvgIpc) is 2.75. The molecular weight excluding hydrogens is 362 g/mol. The van der Waals surface area contributed by atoms with Crippen LogP contribution in [0, 0.1) is 13.8 Å². The Balaban J connectivity index is 1.66. The lowest BCUT2D eigenvalue weighted by atomic mass is 10.1. The molecule has 0 aliphatic heterocycles. The van der Waals surface area contributed by atoms with Crippen LogP contribution in [0.4, 0.5) is 5.69 Å². The van der Waals surface area contributed by atoms with Crippen molar-refractivity contribution in [3.63, 3.8) is 0 Å². The number of aryl methyl sites for hydroxylation is 1. The van der Waals surface area contributed by atoms with E-state index in [1.807, 2.05) is 80.6 Å². The smallest absolute Gasteiger partial charge is 0.248 e. The Bertz CT molecular complexity index is 1010. The van der Waals surface area contributed by atoms with Crippen LogP contribution in [0.1, 0.15) is 22.3 Å². The number of anilines is 1. The molecule has 0 heterocycles. The van der Waals surface area contributed by atoms with Gasteiger partial charge in [-0.05, 0) is 60.4 Å². The highest BCUT2D eigenvalue weighted by Crippen LogP contribution is 2.29. The molecule has 4 nitrogen and oxygen atoms in total. The van der Waals surface area contributed by atoms with Gasteiger partial charge in [-0.1, -0.05) is 48.5 Å². The van der Waals surface area contributed by atoms with Gasteiger partial charge in [-0.2, -0.15) is 0 Å². The standard InChI is InChI=1S/C25H25NO3/c1-18-8-7-11-22(19(18)2)26-25(27)15-13-20-12-14-23(24(16-20)28-3)29-17-21-9-5-4-6-10-21/h4-16H,17H2,1-3H3,(H,26,27). The average molecular weight is 387 g/mol. The highest BCUT2D eigenvalue weighted by atomic mass is 16.5. The third-order valence-corrected chi connectivity index (χ3v) is 4.71. The van der Waals surface area contributed by atoms with Crippen LogP contribution in [0.25, 0.3) is 6.08 Å². The Morgan fingerprint density at radius 3 is 2.52 bits per heavy atom. The van der Waals surface area contributed by atoms with Crippen LogP contribution < -0.4 is 14.8 Å². The molecule has 29 heavy (non-hydrogen) atoms. The number of nitrogens with one attached hydrogen (secondary N) is 1. The van der Waals surface area contributed by atoms with Gasteiger partial charge in [-0.3, -0.25) is 4.79 Å². The summed E-state index contributed by atoms with van der Waals surface area (Å²) in [5.41, 5.74) is 4.96. The summed E-state index contributed by atoms with van der Waals surface area (Å²) < 4.78 is 11.3. The summed E-state index contributed by atoms with van der Waals surface area (Å²) in [7, 11) is 1.60. The van der Waals surface area contributed by atoms with Gasteiger partial charge in [0, 0.05) is 11.8 Å².